The van der Waals surface area contributed by atoms with Crippen LogP contribution in [0.5, 0.6) is 11.5 Å². The van der Waals surface area contributed by atoms with Crippen molar-refractivity contribution in [2.75, 3.05) is 44.5 Å². The molecule has 194 valence electrons. The van der Waals surface area contributed by atoms with Crippen molar-refractivity contribution in [3.05, 3.63) is 23.9 Å². The maximum atomic E-state index is 12.0. The number of carbonyl (C=O) groups excluding carboxylic acids is 1. The van der Waals surface area contributed by atoms with Gasteiger partial charge in [-0.1, -0.05) is 26.7 Å². The van der Waals surface area contributed by atoms with Gasteiger partial charge in [0.05, 0.1) is 30.3 Å². The lowest BCUT2D eigenvalue weighted by Gasteiger charge is -2.24. The lowest BCUT2D eigenvalue weighted by atomic mass is 10.0. The first-order valence-electron chi connectivity index (χ1n) is 12.1. The fraction of sp³-hybridized carbons (Fsp3) is 0.560. The van der Waals surface area contributed by atoms with E-state index in [4.69, 9.17) is 14.6 Å². The molecular formula is C25H38N4O5S. The van der Waals surface area contributed by atoms with Gasteiger partial charge in [0.2, 0.25) is 0 Å². The lowest BCUT2D eigenvalue weighted by molar-refractivity contribution is -0.138. The first-order valence-corrected chi connectivity index (χ1v) is 12.7. The number of amides is 2. The van der Waals surface area contributed by atoms with E-state index in [1.54, 1.807) is 7.11 Å². The van der Waals surface area contributed by atoms with Crippen molar-refractivity contribution in [1.29, 1.82) is 0 Å². The van der Waals surface area contributed by atoms with Crippen LogP contribution in [0.1, 0.15) is 45.1 Å². The number of nitrogens with one attached hydrogen (secondary N) is 2. The van der Waals surface area contributed by atoms with E-state index in [0.717, 1.165) is 53.6 Å². The Morgan fingerprint density at radius 2 is 2.03 bits per heavy atom. The zero-order valence-corrected chi connectivity index (χ0v) is 22.0. The summed E-state index contributed by atoms with van der Waals surface area (Å²) in [5.74, 6) is 0.303. The molecule has 35 heavy (non-hydrogen) atoms. The summed E-state index contributed by atoms with van der Waals surface area (Å²) in [4.78, 5) is 29.7. The number of hydrogen-bond acceptors (Lipinski definition) is 7. The number of unbranched alkanes of at least 4 members (excludes halogenated alkanes) is 2. The number of urea groups is 1. The number of aromatic nitrogens is 1. The van der Waals surface area contributed by atoms with Crippen LogP contribution in [0, 0.1) is 0 Å². The van der Waals surface area contributed by atoms with Crippen LogP contribution in [-0.4, -0.2) is 67.7 Å². The second-order valence-electron chi connectivity index (χ2n) is 8.28. The van der Waals surface area contributed by atoms with E-state index < -0.39 is 18.0 Å². The first kappa shape index (κ1) is 28.4. The molecule has 1 aromatic carbocycles. The molecule has 0 aliphatic carbocycles. The molecule has 0 saturated heterocycles. The van der Waals surface area contributed by atoms with Crippen LogP contribution < -0.4 is 25.0 Å². The molecule has 0 aliphatic heterocycles. The molecule has 0 radical (unpaired) electrons. The minimum atomic E-state index is -1.12. The van der Waals surface area contributed by atoms with Crippen LogP contribution in [0.15, 0.2) is 18.3 Å². The number of methoxy groups -OCH3 is 1. The van der Waals surface area contributed by atoms with Crippen LogP contribution >= 0.6 is 12.6 Å². The highest BCUT2D eigenvalue weighted by Crippen LogP contribution is 2.42. The normalized spacial score (nSPS) is 11.7. The van der Waals surface area contributed by atoms with Gasteiger partial charge in [0.25, 0.3) is 0 Å². The molecule has 0 aliphatic rings. The topological polar surface area (TPSA) is 113 Å². The number of nitrogens with zero attached hydrogens (tertiary/aromatic N) is 2. The standard InChI is InChI=1S/C25H38N4O5S/c1-5-7-8-14-34-23-20(33-4)15-19(22-21(23)17(6-2)10-12-26-22)29(3)13-9-11-27-25(32)28-18(16-35)24(30)31/h10,12,15,18,35H,5-9,11,13-14,16H2,1-4H3,(H,30,31)(H2,27,28,32)/t18-/m1/s1. The molecule has 2 rings (SSSR count). The number of ether oxygens (including phenoxy) is 2. The monoisotopic (exact) mass is 506 g/mol. The number of pyridine rings is 1. The smallest absolute Gasteiger partial charge is 0.327 e. The Morgan fingerprint density at radius 3 is 2.66 bits per heavy atom. The fourth-order valence-electron chi connectivity index (χ4n) is 3.77. The zero-order chi connectivity index (χ0) is 25.8. The molecule has 9 nitrogen and oxygen atoms in total. The van der Waals surface area contributed by atoms with Gasteiger partial charge in [-0.3, -0.25) is 4.98 Å². The van der Waals surface area contributed by atoms with Crippen LogP contribution in [0.4, 0.5) is 10.5 Å². The first-order chi connectivity index (χ1) is 16.9. The van der Waals surface area contributed by atoms with Crippen LogP contribution in [0.3, 0.4) is 0 Å². The third-order valence-electron chi connectivity index (χ3n) is 5.75. The molecule has 1 atom stereocenters. The Balaban J connectivity index is 2.17. The third kappa shape index (κ3) is 7.81. The number of carboxylic acids is 1. The number of anilines is 1. The van der Waals surface area contributed by atoms with Crippen molar-refractivity contribution < 1.29 is 24.2 Å². The minimum Gasteiger partial charge on any atom is -0.493 e. The predicted octanol–water partition coefficient (Wildman–Crippen LogP) is 3.88. The quantitative estimate of drug-likeness (QED) is 0.214. The van der Waals surface area contributed by atoms with E-state index in [1.165, 1.54) is 0 Å². The van der Waals surface area contributed by atoms with Crippen molar-refractivity contribution in [3.63, 3.8) is 0 Å². The van der Waals surface area contributed by atoms with Crippen molar-refractivity contribution in [3.8, 4) is 11.5 Å². The highest BCUT2D eigenvalue weighted by atomic mass is 32.1. The van der Waals surface area contributed by atoms with E-state index in [1.807, 2.05) is 25.4 Å². The molecule has 2 aromatic rings. The summed E-state index contributed by atoms with van der Waals surface area (Å²) in [6.45, 7) is 5.92. The molecule has 0 bridgehead atoms. The Hall–Kier alpha value is -2.88. The van der Waals surface area contributed by atoms with Gasteiger partial charge in [-0.05, 0) is 30.9 Å². The van der Waals surface area contributed by atoms with Gasteiger partial charge in [-0.15, -0.1) is 0 Å². The van der Waals surface area contributed by atoms with Crippen LogP contribution in [-0.2, 0) is 11.2 Å². The summed E-state index contributed by atoms with van der Waals surface area (Å²) in [6, 6.07) is 2.41. The fourth-order valence-corrected chi connectivity index (χ4v) is 4.02. The van der Waals surface area contributed by atoms with E-state index in [9.17, 15) is 9.59 Å². The molecule has 0 spiro atoms. The molecule has 0 fully saturated rings. The Kier molecular flexibility index (Phi) is 11.8. The summed E-state index contributed by atoms with van der Waals surface area (Å²) >= 11 is 3.95. The number of benzene rings is 1. The van der Waals surface area contributed by atoms with Crippen molar-refractivity contribution >= 4 is 41.2 Å². The Bertz CT molecular complexity index is 988. The van der Waals surface area contributed by atoms with E-state index in [-0.39, 0.29) is 5.75 Å². The second kappa shape index (κ2) is 14.5. The number of hydrogen-bond donors (Lipinski definition) is 4. The number of carboxylic acid groups (broad SMARTS) is 1. The average molecular weight is 507 g/mol. The van der Waals surface area contributed by atoms with Crippen molar-refractivity contribution in [1.82, 2.24) is 15.6 Å². The maximum Gasteiger partial charge on any atom is 0.327 e. The van der Waals surface area contributed by atoms with Crippen LogP contribution in [0.2, 0.25) is 0 Å². The van der Waals surface area contributed by atoms with E-state index in [0.29, 0.717) is 31.9 Å². The highest BCUT2D eigenvalue weighted by Gasteiger charge is 2.20. The highest BCUT2D eigenvalue weighted by molar-refractivity contribution is 7.80. The lowest BCUT2D eigenvalue weighted by Crippen LogP contribution is -2.47. The van der Waals surface area contributed by atoms with Gasteiger partial charge >= 0.3 is 12.0 Å². The van der Waals surface area contributed by atoms with Crippen molar-refractivity contribution in [2.24, 2.45) is 0 Å². The SMILES string of the molecule is CCCCCOc1c(OC)cc(N(C)CCCNC(=O)N[C@H](CS)C(=O)O)c2nccc(CC)c12. The number of rotatable bonds is 15. The van der Waals surface area contributed by atoms with Crippen LogP contribution in [0.25, 0.3) is 10.9 Å². The summed E-state index contributed by atoms with van der Waals surface area (Å²) < 4.78 is 11.9. The Morgan fingerprint density at radius 1 is 1.26 bits per heavy atom. The molecule has 1 heterocycles. The molecule has 1 aromatic heterocycles. The largest absolute Gasteiger partial charge is 0.493 e. The van der Waals surface area contributed by atoms with Crippen molar-refractivity contribution in [2.45, 2.75) is 52.0 Å². The van der Waals surface area contributed by atoms with Gasteiger partial charge in [0.15, 0.2) is 11.5 Å². The molecule has 3 N–H and O–H groups in total. The van der Waals surface area contributed by atoms with Gasteiger partial charge < -0.3 is 30.1 Å². The molecule has 0 unspecified atom stereocenters. The predicted molar refractivity (Wildman–Crippen MR) is 142 cm³/mol. The van der Waals surface area contributed by atoms with E-state index >= 15 is 0 Å². The summed E-state index contributed by atoms with van der Waals surface area (Å²) in [5.41, 5.74) is 2.91. The zero-order valence-electron chi connectivity index (χ0n) is 21.1. The average Bonchev–Trinajstić information content (AvgIpc) is 2.86. The molecule has 2 amide bonds. The number of carbonyl (C=O) groups is 2. The number of aryl methyl sites for hydroxylation is 1. The minimum absolute atomic E-state index is 0.0193. The van der Waals surface area contributed by atoms with Gasteiger partial charge in [-0.2, -0.15) is 12.6 Å². The number of thiol groups is 1. The van der Waals surface area contributed by atoms with Gasteiger partial charge in [0, 0.05) is 38.2 Å². The van der Waals surface area contributed by atoms with Gasteiger partial charge in [-0.25, -0.2) is 9.59 Å². The molecule has 10 heteroatoms. The van der Waals surface area contributed by atoms with E-state index in [2.05, 4.69) is 47.0 Å². The maximum absolute atomic E-state index is 12.0. The molecular weight excluding hydrogens is 468 g/mol. The van der Waals surface area contributed by atoms with Gasteiger partial charge in [0.1, 0.15) is 6.04 Å². The summed E-state index contributed by atoms with van der Waals surface area (Å²) in [5, 5.41) is 15.1. The number of aliphatic carboxylic acids is 1. The number of fused-ring (bicyclic) bond motifs is 1. The Labute approximate surface area is 213 Å². The second-order valence-corrected chi connectivity index (χ2v) is 8.64. The summed E-state index contributed by atoms with van der Waals surface area (Å²) in [6.07, 6.45) is 6.51. The third-order valence-corrected chi connectivity index (χ3v) is 6.11. The summed E-state index contributed by atoms with van der Waals surface area (Å²) in [7, 11) is 3.61. The molecule has 0 saturated carbocycles.